The highest BCUT2D eigenvalue weighted by molar-refractivity contribution is 6.45. The lowest BCUT2D eigenvalue weighted by Gasteiger charge is -2.21. The van der Waals surface area contributed by atoms with Crippen molar-refractivity contribution >= 4 is 58.3 Å². The van der Waals surface area contributed by atoms with Gasteiger partial charge in [0.05, 0.1) is 39.0 Å². The predicted molar refractivity (Wildman–Crippen MR) is 146 cm³/mol. The van der Waals surface area contributed by atoms with Crippen LogP contribution >= 0.6 is 34.8 Å². The maximum Gasteiger partial charge on any atom is 0.342 e. The lowest BCUT2D eigenvalue weighted by atomic mass is 10.0. The molecule has 0 atom stereocenters. The molecule has 1 aliphatic heterocycles. The molecule has 4 aromatic rings. The van der Waals surface area contributed by atoms with E-state index in [2.05, 4.69) is 0 Å². The number of carbonyl (C=O) groups excluding carboxylic acids is 3. The Morgan fingerprint density at radius 1 is 0.737 bits per heavy atom. The maximum absolute atomic E-state index is 13.4. The van der Waals surface area contributed by atoms with Crippen molar-refractivity contribution in [3.8, 4) is 5.75 Å². The lowest BCUT2D eigenvalue weighted by molar-refractivity contribution is 0.0374. The van der Waals surface area contributed by atoms with Gasteiger partial charge >= 0.3 is 5.97 Å². The topological polar surface area (TPSA) is 72.9 Å². The van der Waals surface area contributed by atoms with Gasteiger partial charge in [0.25, 0.3) is 11.8 Å². The number of hydrogen-bond donors (Lipinski definition) is 0. The minimum atomic E-state index is -0.700. The number of hydrogen-bond acceptors (Lipinski definition) is 5. The number of imide groups is 1. The van der Waals surface area contributed by atoms with Crippen molar-refractivity contribution in [3.63, 3.8) is 0 Å². The molecule has 4 aromatic carbocycles. The van der Waals surface area contributed by atoms with Crippen molar-refractivity contribution in [3.05, 3.63) is 128 Å². The highest BCUT2D eigenvalue weighted by atomic mass is 35.5. The number of halogens is 3. The van der Waals surface area contributed by atoms with Crippen LogP contribution in [0.4, 0.5) is 5.69 Å². The number of anilines is 1. The van der Waals surface area contributed by atoms with Crippen LogP contribution < -0.4 is 9.64 Å². The SMILES string of the molecule is COc1cc(N2C(=O)c3cc(Cl)c(Cl)cc3C2=O)c(Cl)cc1C(=O)OC(c1ccccc1)c1ccccc1. The van der Waals surface area contributed by atoms with Gasteiger partial charge in [0.15, 0.2) is 6.10 Å². The Balaban J connectivity index is 1.51. The van der Waals surface area contributed by atoms with Crippen LogP contribution in [0.2, 0.25) is 15.1 Å². The van der Waals surface area contributed by atoms with Gasteiger partial charge in [0.2, 0.25) is 0 Å². The summed E-state index contributed by atoms with van der Waals surface area (Å²) >= 11 is 18.6. The van der Waals surface area contributed by atoms with Crippen molar-refractivity contribution in [2.24, 2.45) is 0 Å². The molecule has 0 radical (unpaired) electrons. The number of benzene rings is 4. The van der Waals surface area contributed by atoms with Crippen LogP contribution in [-0.2, 0) is 4.74 Å². The van der Waals surface area contributed by atoms with Crippen LogP contribution in [-0.4, -0.2) is 24.9 Å². The molecule has 0 unspecified atom stereocenters. The average Bonchev–Trinajstić information content (AvgIpc) is 3.16. The van der Waals surface area contributed by atoms with Crippen molar-refractivity contribution in [1.29, 1.82) is 0 Å². The molecule has 0 spiro atoms. The molecular weight excluding hydrogens is 549 g/mol. The number of esters is 1. The number of nitrogens with zero attached hydrogens (tertiary/aromatic N) is 1. The molecular formula is C29H18Cl3NO5. The maximum atomic E-state index is 13.4. The Bertz CT molecular complexity index is 1490. The van der Waals surface area contributed by atoms with Crippen LogP contribution in [0.1, 0.15) is 48.3 Å². The van der Waals surface area contributed by atoms with Crippen LogP contribution in [0.25, 0.3) is 0 Å². The van der Waals surface area contributed by atoms with Gasteiger partial charge < -0.3 is 9.47 Å². The summed E-state index contributed by atoms with van der Waals surface area (Å²) in [6.45, 7) is 0. The molecule has 190 valence electrons. The van der Waals surface area contributed by atoms with E-state index in [1.54, 1.807) is 0 Å². The first kappa shape index (κ1) is 25.8. The molecule has 0 saturated carbocycles. The number of rotatable bonds is 6. The van der Waals surface area contributed by atoms with E-state index >= 15 is 0 Å². The molecule has 6 nitrogen and oxygen atoms in total. The van der Waals surface area contributed by atoms with Crippen molar-refractivity contribution in [2.75, 3.05) is 12.0 Å². The summed E-state index contributed by atoms with van der Waals surface area (Å²) in [5.41, 5.74) is 1.81. The van der Waals surface area contributed by atoms with Gasteiger partial charge in [-0.15, -0.1) is 0 Å². The molecule has 0 fully saturated rings. The second-order valence-corrected chi connectivity index (χ2v) is 9.59. The number of carbonyl (C=O) groups is 3. The molecule has 1 heterocycles. The van der Waals surface area contributed by atoms with Gasteiger partial charge in [-0.2, -0.15) is 0 Å². The second-order valence-electron chi connectivity index (χ2n) is 8.37. The fraction of sp³-hybridized carbons (Fsp3) is 0.0690. The first-order valence-corrected chi connectivity index (χ1v) is 12.5. The smallest absolute Gasteiger partial charge is 0.342 e. The Labute approximate surface area is 233 Å². The summed E-state index contributed by atoms with van der Waals surface area (Å²) in [5.74, 6) is -1.89. The zero-order valence-electron chi connectivity index (χ0n) is 19.8. The molecule has 0 aliphatic carbocycles. The molecule has 0 aromatic heterocycles. The van der Waals surface area contributed by atoms with Gasteiger partial charge in [-0.05, 0) is 29.3 Å². The van der Waals surface area contributed by atoms with Crippen LogP contribution in [0, 0.1) is 0 Å². The predicted octanol–water partition coefficient (Wildman–Crippen LogP) is 7.40. The van der Waals surface area contributed by atoms with E-state index in [0.29, 0.717) is 0 Å². The Morgan fingerprint density at radius 2 is 1.24 bits per heavy atom. The largest absolute Gasteiger partial charge is 0.496 e. The van der Waals surface area contributed by atoms with E-state index in [0.717, 1.165) is 16.0 Å². The van der Waals surface area contributed by atoms with Crippen molar-refractivity contribution in [1.82, 2.24) is 0 Å². The van der Waals surface area contributed by atoms with Crippen molar-refractivity contribution in [2.45, 2.75) is 6.10 Å². The second kappa shape index (κ2) is 10.5. The third-order valence-corrected chi connectivity index (χ3v) is 7.11. The first-order chi connectivity index (χ1) is 18.3. The summed E-state index contributed by atoms with van der Waals surface area (Å²) in [5, 5.41) is 0.253. The number of fused-ring (bicyclic) bond motifs is 1. The van der Waals surface area contributed by atoms with E-state index in [1.807, 2.05) is 60.7 Å². The van der Waals surface area contributed by atoms with Crippen LogP contribution in [0.15, 0.2) is 84.9 Å². The van der Waals surface area contributed by atoms with Gasteiger partial charge in [-0.3, -0.25) is 9.59 Å². The molecule has 0 bridgehead atoms. The van der Waals surface area contributed by atoms with E-state index in [1.165, 1.54) is 31.4 Å². The zero-order valence-corrected chi connectivity index (χ0v) is 22.1. The summed E-state index contributed by atoms with van der Waals surface area (Å²) in [4.78, 5) is 40.5. The summed E-state index contributed by atoms with van der Waals surface area (Å²) in [6, 6.07) is 23.9. The van der Waals surface area contributed by atoms with E-state index in [4.69, 9.17) is 44.3 Å². The average molecular weight is 567 g/mol. The fourth-order valence-corrected chi connectivity index (χ4v) is 4.83. The fourth-order valence-electron chi connectivity index (χ4n) is 4.25. The highest BCUT2D eigenvalue weighted by Gasteiger charge is 2.39. The molecule has 9 heteroatoms. The zero-order chi connectivity index (χ0) is 27.0. The standard InChI is InChI=1S/C29H18Cl3NO5/c1-37-25-15-24(33-27(34)18-12-21(30)22(31)13-19(18)28(33)35)23(32)14-20(25)29(36)38-26(16-8-4-2-5-9-16)17-10-6-3-7-11-17/h2-15,26H,1H3. The molecule has 38 heavy (non-hydrogen) atoms. The Kier molecular flexibility index (Phi) is 7.13. The van der Waals surface area contributed by atoms with Gasteiger partial charge in [0.1, 0.15) is 11.3 Å². The number of amides is 2. The van der Waals surface area contributed by atoms with E-state index in [9.17, 15) is 14.4 Å². The van der Waals surface area contributed by atoms with Crippen molar-refractivity contribution < 1.29 is 23.9 Å². The molecule has 0 saturated heterocycles. The third kappa shape index (κ3) is 4.63. The first-order valence-electron chi connectivity index (χ1n) is 11.4. The molecule has 0 N–H and O–H groups in total. The molecule has 2 amide bonds. The highest BCUT2D eigenvalue weighted by Crippen LogP contribution is 2.40. The third-order valence-electron chi connectivity index (χ3n) is 6.09. The Hall–Kier alpha value is -3.84. The van der Waals surface area contributed by atoms with Crippen LogP contribution in [0.3, 0.4) is 0 Å². The van der Waals surface area contributed by atoms with E-state index < -0.39 is 23.9 Å². The van der Waals surface area contributed by atoms with Crippen LogP contribution in [0.5, 0.6) is 5.75 Å². The van der Waals surface area contributed by atoms with Gasteiger partial charge in [-0.25, -0.2) is 9.69 Å². The molecule has 1 aliphatic rings. The van der Waals surface area contributed by atoms with Gasteiger partial charge in [0, 0.05) is 6.07 Å². The summed E-state index contributed by atoms with van der Waals surface area (Å²) in [7, 11) is 1.36. The monoisotopic (exact) mass is 565 g/mol. The lowest BCUT2D eigenvalue weighted by Crippen LogP contribution is -2.29. The number of methoxy groups -OCH3 is 1. The van der Waals surface area contributed by atoms with Gasteiger partial charge in [-0.1, -0.05) is 95.5 Å². The number of ether oxygens (including phenoxy) is 2. The normalized spacial score (nSPS) is 12.6. The minimum Gasteiger partial charge on any atom is -0.496 e. The van der Waals surface area contributed by atoms with E-state index in [-0.39, 0.29) is 43.2 Å². The summed E-state index contributed by atoms with van der Waals surface area (Å²) in [6.07, 6.45) is -0.696. The summed E-state index contributed by atoms with van der Waals surface area (Å²) < 4.78 is 11.4. The minimum absolute atomic E-state index is 0.0274. The Morgan fingerprint density at radius 3 is 1.71 bits per heavy atom. The quantitative estimate of drug-likeness (QED) is 0.180. The molecule has 5 rings (SSSR count).